The molecule has 1 aliphatic heterocycles. The van der Waals surface area contributed by atoms with Crippen LogP contribution < -0.4 is 16.1 Å². The van der Waals surface area contributed by atoms with E-state index in [1.54, 1.807) is 48.2 Å². The molecule has 0 amide bonds. The Bertz CT molecular complexity index is 1060. The summed E-state index contributed by atoms with van der Waals surface area (Å²) >= 11 is 0. The van der Waals surface area contributed by atoms with Gasteiger partial charge in [-0.2, -0.15) is 0 Å². The van der Waals surface area contributed by atoms with Crippen molar-refractivity contribution in [3.05, 3.63) is 51.3 Å². The minimum absolute atomic E-state index is 0.0783. The van der Waals surface area contributed by atoms with Crippen LogP contribution in [-0.2, 0) is 11.3 Å². The average Bonchev–Trinajstić information content (AvgIpc) is 3.09. The predicted molar refractivity (Wildman–Crippen MR) is 96.8 cm³/mol. The van der Waals surface area contributed by atoms with E-state index in [-0.39, 0.29) is 17.2 Å². The van der Waals surface area contributed by atoms with Crippen molar-refractivity contribution in [3.63, 3.8) is 0 Å². The van der Waals surface area contributed by atoms with E-state index in [0.29, 0.717) is 28.4 Å². The Hall–Kier alpha value is -2.67. The number of rotatable bonds is 3. The zero-order chi connectivity index (χ0) is 17.6. The average molecular weight is 340 g/mol. The lowest BCUT2D eigenvalue weighted by Gasteiger charge is -2.16. The molecule has 1 saturated heterocycles. The van der Waals surface area contributed by atoms with Crippen molar-refractivity contribution >= 4 is 21.8 Å². The highest BCUT2D eigenvalue weighted by molar-refractivity contribution is 5.91. The van der Waals surface area contributed by atoms with Crippen LogP contribution in [0.25, 0.3) is 21.8 Å². The van der Waals surface area contributed by atoms with Gasteiger partial charge < -0.3 is 14.3 Å². The first-order valence-corrected chi connectivity index (χ1v) is 8.39. The van der Waals surface area contributed by atoms with E-state index in [0.717, 1.165) is 19.4 Å². The molecule has 0 aromatic carbocycles. The number of aromatic nitrogens is 3. The number of nitrogens with zero attached hydrogens (tertiary/aromatic N) is 4. The van der Waals surface area contributed by atoms with Gasteiger partial charge in [0.1, 0.15) is 0 Å². The predicted octanol–water partition coefficient (Wildman–Crippen LogP) is 1.09. The topological polar surface area (TPSA) is 69.4 Å². The minimum Gasteiger partial charge on any atom is -0.376 e. The Labute approximate surface area is 144 Å². The van der Waals surface area contributed by atoms with E-state index in [9.17, 15) is 9.59 Å². The van der Waals surface area contributed by atoms with Crippen molar-refractivity contribution in [1.29, 1.82) is 0 Å². The van der Waals surface area contributed by atoms with Crippen molar-refractivity contribution in [2.75, 3.05) is 25.7 Å². The SMILES string of the molecule is CN(C)n1ccc2nc3ccn(C[C@H]4CCCO4)c(=O)c3cc2c1=O. The first-order chi connectivity index (χ1) is 12.0. The Balaban J connectivity index is 1.89. The van der Waals surface area contributed by atoms with Gasteiger partial charge in [-0.1, -0.05) is 0 Å². The molecule has 0 aliphatic carbocycles. The Morgan fingerprint density at radius 1 is 1.16 bits per heavy atom. The van der Waals surface area contributed by atoms with Gasteiger partial charge in [0.05, 0.1) is 34.5 Å². The van der Waals surface area contributed by atoms with Crippen molar-refractivity contribution in [2.24, 2.45) is 0 Å². The number of hydrogen-bond acceptors (Lipinski definition) is 5. The molecule has 0 radical (unpaired) electrons. The molecule has 7 heteroatoms. The second-order valence-electron chi connectivity index (χ2n) is 6.57. The fourth-order valence-electron chi connectivity index (χ4n) is 3.32. The Kier molecular flexibility index (Phi) is 3.80. The number of hydrogen-bond donors (Lipinski definition) is 0. The van der Waals surface area contributed by atoms with Gasteiger partial charge in [-0.3, -0.25) is 9.59 Å². The van der Waals surface area contributed by atoms with Crippen molar-refractivity contribution in [2.45, 2.75) is 25.5 Å². The van der Waals surface area contributed by atoms with E-state index in [1.807, 2.05) is 6.07 Å². The lowest BCUT2D eigenvalue weighted by molar-refractivity contribution is 0.0963. The fourth-order valence-corrected chi connectivity index (χ4v) is 3.32. The van der Waals surface area contributed by atoms with E-state index < -0.39 is 0 Å². The van der Waals surface area contributed by atoms with E-state index in [1.165, 1.54) is 4.68 Å². The summed E-state index contributed by atoms with van der Waals surface area (Å²) in [4.78, 5) is 30.0. The summed E-state index contributed by atoms with van der Waals surface area (Å²) in [5, 5.41) is 2.59. The molecular formula is C18H20N4O3. The van der Waals surface area contributed by atoms with Crippen LogP contribution in [0.1, 0.15) is 12.8 Å². The maximum Gasteiger partial charge on any atom is 0.278 e. The van der Waals surface area contributed by atoms with Gasteiger partial charge in [-0.15, -0.1) is 0 Å². The second kappa shape index (κ2) is 6.00. The third-order valence-corrected chi connectivity index (χ3v) is 4.65. The Morgan fingerprint density at radius 3 is 2.56 bits per heavy atom. The van der Waals surface area contributed by atoms with Gasteiger partial charge in [0, 0.05) is 33.1 Å². The lowest BCUT2D eigenvalue weighted by Crippen LogP contribution is -2.35. The molecule has 25 heavy (non-hydrogen) atoms. The van der Waals surface area contributed by atoms with E-state index in [2.05, 4.69) is 4.98 Å². The summed E-state index contributed by atoms with van der Waals surface area (Å²) in [7, 11) is 3.58. The van der Waals surface area contributed by atoms with Crippen LogP contribution in [0.4, 0.5) is 0 Å². The van der Waals surface area contributed by atoms with Crippen LogP contribution in [0.15, 0.2) is 40.2 Å². The van der Waals surface area contributed by atoms with Crippen LogP contribution in [0.3, 0.4) is 0 Å². The molecule has 4 rings (SSSR count). The number of pyridine rings is 3. The first kappa shape index (κ1) is 15.8. The molecule has 1 fully saturated rings. The smallest absolute Gasteiger partial charge is 0.278 e. The number of ether oxygens (including phenoxy) is 1. The van der Waals surface area contributed by atoms with Crippen molar-refractivity contribution < 1.29 is 4.74 Å². The maximum atomic E-state index is 12.8. The molecule has 4 heterocycles. The summed E-state index contributed by atoms with van der Waals surface area (Å²) in [6.07, 6.45) is 5.51. The van der Waals surface area contributed by atoms with Crippen LogP contribution >= 0.6 is 0 Å². The van der Waals surface area contributed by atoms with Gasteiger partial charge in [-0.25, -0.2) is 9.66 Å². The molecule has 130 valence electrons. The number of fused-ring (bicyclic) bond motifs is 2. The Morgan fingerprint density at radius 2 is 1.88 bits per heavy atom. The molecule has 0 saturated carbocycles. The van der Waals surface area contributed by atoms with Crippen LogP contribution in [0, 0.1) is 0 Å². The highest BCUT2D eigenvalue weighted by Gasteiger charge is 2.17. The van der Waals surface area contributed by atoms with Crippen LogP contribution in [0.5, 0.6) is 0 Å². The summed E-state index contributed by atoms with van der Waals surface area (Å²) in [5.41, 5.74) is 0.864. The van der Waals surface area contributed by atoms with Crippen molar-refractivity contribution in [3.8, 4) is 0 Å². The summed E-state index contributed by atoms with van der Waals surface area (Å²) in [6.45, 7) is 1.28. The zero-order valence-electron chi connectivity index (χ0n) is 14.3. The molecule has 1 atom stereocenters. The summed E-state index contributed by atoms with van der Waals surface area (Å²) in [6, 6.07) is 5.27. The maximum absolute atomic E-state index is 12.8. The highest BCUT2D eigenvalue weighted by atomic mass is 16.5. The zero-order valence-corrected chi connectivity index (χ0v) is 14.3. The quantitative estimate of drug-likeness (QED) is 0.668. The van der Waals surface area contributed by atoms with Gasteiger partial charge in [0.2, 0.25) is 0 Å². The highest BCUT2D eigenvalue weighted by Crippen LogP contribution is 2.16. The molecular weight excluding hydrogens is 320 g/mol. The summed E-state index contributed by atoms with van der Waals surface area (Å²) < 4.78 is 8.76. The molecule has 0 N–H and O–H groups in total. The van der Waals surface area contributed by atoms with E-state index >= 15 is 0 Å². The largest absolute Gasteiger partial charge is 0.376 e. The van der Waals surface area contributed by atoms with Crippen LogP contribution in [-0.4, -0.2) is 41.0 Å². The fraction of sp³-hybridized carbons (Fsp3) is 0.389. The minimum atomic E-state index is -0.189. The third-order valence-electron chi connectivity index (χ3n) is 4.65. The molecule has 0 spiro atoms. The molecule has 0 bridgehead atoms. The molecule has 3 aromatic rings. The van der Waals surface area contributed by atoms with E-state index in [4.69, 9.17) is 4.74 Å². The molecule has 1 aliphatic rings. The molecule has 0 unspecified atom stereocenters. The van der Waals surface area contributed by atoms with Crippen molar-refractivity contribution in [1.82, 2.24) is 14.2 Å². The van der Waals surface area contributed by atoms with Gasteiger partial charge in [0.15, 0.2) is 0 Å². The monoisotopic (exact) mass is 340 g/mol. The van der Waals surface area contributed by atoms with Gasteiger partial charge in [0.25, 0.3) is 11.1 Å². The lowest BCUT2D eigenvalue weighted by atomic mass is 10.2. The first-order valence-electron chi connectivity index (χ1n) is 8.39. The third kappa shape index (κ3) is 2.70. The molecule has 3 aromatic heterocycles. The standard InChI is InChI=1S/C18H20N4O3/c1-20(2)22-8-6-16-14(18(22)24)10-13-15(19-16)5-7-21(17(13)23)11-12-4-3-9-25-12/h5-8,10,12H,3-4,9,11H2,1-2H3/t12-/m1/s1. The second-order valence-corrected chi connectivity index (χ2v) is 6.57. The summed E-state index contributed by atoms with van der Waals surface area (Å²) in [5.74, 6) is 0. The van der Waals surface area contributed by atoms with Gasteiger partial charge >= 0.3 is 0 Å². The van der Waals surface area contributed by atoms with Crippen LogP contribution in [0.2, 0.25) is 0 Å². The molecule has 7 nitrogen and oxygen atoms in total. The normalized spacial score (nSPS) is 17.4. The van der Waals surface area contributed by atoms with Gasteiger partial charge in [-0.05, 0) is 31.0 Å².